The minimum Gasteiger partial charge on any atom is -0.494 e. The molecule has 0 radical (unpaired) electrons. The van der Waals surface area contributed by atoms with E-state index < -0.39 is 0 Å². The molecular formula is C20H23FN8O. The predicted molar refractivity (Wildman–Crippen MR) is 113 cm³/mol. The van der Waals surface area contributed by atoms with Crippen LogP contribution in [0.5, 0.6) is 5.75 Å². The molecule has 0 bridgehead atoms. The molecule has 1 aliphatic rings. The highest BCUT2D eigenvalue weighted by molar-refractivity contribution is 5.87. The fraction of sp³-hybridized carbons (Fsp3) is 0.250. The van der Waals surface area contributed by atoms with Crippen LogP contribution in [0.15, 0.2) is 42.6 Å². The first-order chi connectivity index (χ1) is 14.4. The Kier molecular flexibility index (Phi) is 5.23. The van der Waals surface area contributed by atoms with Gasteiger partial charge in [0.2, 0.25) is 0 Å². The van der Waals surface area contributed by atoms with E-state index in [1.165, 1.54) is 6.20 Å². The maximum absolute atomic E-state index is 13.6. The molecule has 0 saturated heterocycles. The van der Waals surface area contributed by atoms with Gasteiger partial charge >= 0.3 is 0 Å². The molecule has 0 saturated carbocycles. The summed E-state index contributed by atoms with van der Waals surface area (Å²) in [4.78, 5) is 8.49. The van der Waals surface area contributed by atoms with Crippen LogP contribution in [0.4, 0.5) is 21.6 Å². The number of nitrogens with one attached hydrogen (secondary N) is 3. The molecule has 1 aliphatic heterocycles. The van der Waals surface area contributed by atoms with Crippen LogP contribution in [-0.2, 0) is 7.05 Å². The molecule has 3 N–H and O–H groups in total. The van der Waals surface area contributed by atoms with E-state index in [2.05, 4.69) is 31.1 Å². The van der Waals surface area contributed by atoms with E-state index in [4.69, 9.17) is 4.74 Å². The Hall–Kier alpha value is -3.66. The zero-order chi connectivity index (χ0) is 21.3. The van der Waals surface area contributed by atoms with Crippen LogP contribution in [-0.4, -0.2) is 45.5 Å². The van der Waals surface area contributed by atoms with Gasteiger partial charge in [0, 0.05) is 26.0 Å². The van der Waals surface area contributed by atoms with Crippen molar-refractivity contribution < 1.29 is 9.13 Å². The number of pyridine rings is 1. The molecule has 1 aromatic carbocycles. The number of hydrogen-bond donors (Lipinski definition) is 3. The zero-order valence-electron chi connectivity index (χ0n) is 17.2. The molecule has 9 nitrogen and oxygen atoms in total. The van der Waals surface area contributed by atoms with Crippen LogP contribution >= 0.6 is 0 Å². The molecule has 4 rings (SSSR count). The Morgan fingerprint density at radius 2 is 2.03 bits per heavy atom. The lowest BCUT2D eigenvalue weighted by atomic mass is 10.1. The van der Waals surface area contributed by atoms with Crippen molar-refractivity contribution >= 4 is 17.2 Å². The molecular weight excluding hydrogens is 387 g/mol. The lowest BCUT2D eigenvalue weighted by Crippen LogP contribution is -2.25. The summed E-state index contributed by atoms with van der Waals surface area (Å²) in [7, 11) is 5.36. The van der Waals surface area contributed by atoms with E-state index in [1.54, 1.807) is 31.1 Å². The number of aryl methyl sites for hydroxylation is 2. The standard InChI is InChI=1S/C20H23FN8O/c1-12-7-17(22-9-15(12)21)26-16-6-5-14(20-23-11-29(3)27-20)19(30-4)18(16)25-13-8-24-28(2)10-13/h5-9,11,24-25H,10H2,1-4H3,(H,22,26). The Balaban J connectivity index is 1.78. The normalized spacial score (nSPS) is 13.7. The molecule has 0 unspecified atom stereocenters. The number of aromatic nitrogens is 4. The largest absolute Gasteiger partial charge is 0.494 e. The molecule has 2 aromatic heterocycles. The first kappa shape index (κ1) is 19.6. The minimum atomic E-state index is -0.349. The van der Waals surface area contributed by atoms with Gasteiger partial charge in [-0.3, -0.25) is 4.68 Å². The van der Waals surface area contributed by atoms with E-state index in [0.29, 0.717) is 35.2 Å². The number of likely N-dealkylation sites (N-methyl/N-ethyl adjacent to an activating group) is 1. The average Bonchev–Trinajstić information content (AvgIpc) is 3.33. The third-order valence-corrected chi connectivity index (χ3v) is 4.66. The van der Waals surface area contributed by atoms with Gasteiger partial charge in [-0.1, -0.05) is 0 Å². The Morgan fingerprint density at radius 3 is 2.67 bits per heavy atom. The van der Waals surface area contributed by atoms with Crippen LogP contribution in [0.3, 0.4) is 0 Å². The fourth-order valence-corrected chi connectivity index (χ4v) is 3.18. The smallest absolute Gasteiger partial charge is 0.184 e. The molecule has 0 aliphatic carbocycles. The number of rotatable bonds is 6. The van der Waals surface area contributed by atoms with Gasteiger partial charge in [0.1, 0.15) is 23.6 Å². The lowest BCUT2D eigenvalue weighted by molar-refractivity contribution is 0.329. The van der Waals surface area contributed by atoms with Gasteiger partial charge in [-0.15, -0.1) is 0 Å². The van der Waals surface area contributed by atoms with Crippen LogP contribution in [0.1, 0.15) is 5.56 Å². The second-order valence-corrected chi connectivity index (χ2v) is 7.03. The van der Waals surface area contributed by atoms with E-state index in [-0.39, 0.29) is 5.82 Å². The number of nitrogens with zero attached hydrogens (tertiary/aromatic N) is 5. The van der Waals surface area contributed by atoms with Crippen molar-refractivity contribution in [2.24, 2.45) is 7.05 Å². The number of benzene rings is 1. The number of methoxy groups -OCH3 is 1. The minimum absolute atomic E-state index is 0.349. The summed E-state index contributed by atoms with van der Waals surface area (Å²) in [5.41, 5.74) is 6.76. The van der Waals surface area contributed by atoms with Crippen molar-refractivity contribution in [3.63, 3.8) is 0 Å². The first-order valence-corrected chi connectivity index (χ1v) is 9.34. The third-order valence-electron chi connectivity index (χ3n) is 4.66. The summed E-state index contributed by atoms with van der Waals surface area (Å²) in [5.74, 6) is 1.31. The van der Waals surface area contributed by atoms with Crippen LogP contribution in [0.2, 0.25) is 0 Å². The second-order valence-electron chi connectivity index (χ2n) is 7.03. The highest BCUT2D eigenvalue weighted by Crippen LogP contribution is 2.42. The molecule has 0 amide bonds. The summed E-state index contributed by atoms with van der Waals surface area (Å²) in [5, 5.41) is 13.0. The highest BCUT2D eigenvalue weighted by Gasteiger charge is 2.21. The van der Waals surface area contributed by atoms with E-state index in [0.717, 1.165) is 16.9 Å². The summed E-state index contributed by atoms with van der Waals surface area (Å²) < 4.78 is 21.0. The molecule has 3 heterocycles. The van der Waals surface area contributed by atoms with Gasteiger partial charge in [0.15, 0.2) is 11.6 Å². The van der Waals surface area contributed by atoms with Crippen molar-refractivity contribution in [2.45, 2.75) is 6.92 Å². The lowest BCUT2D eigenvalue weighted by Gasteiger charge is -2.19. The summed E-state index contributed by atoms with van der Waals surface area (Å²) >= 11 is 0. The topological polar surface area (TPSA) is 92.2 Å². The molecule has 0 spiro atoms. The van der Waals surface area contributed by atoms with Crippen molar-refractivity contribution in [1.82, 2.24) is 30.2 Å². The van der Waals surface area contributed by atoms with Crippen LogP contribution < -0.4 is 20.8 Å². The van der Waals surface area contributed by atoms with Crippen molar-refractivity contribution in [3.8, 4) is 17.1 Å². The second kappa shape index (κ2) is 7.99. The molecule has 3 aromatic rings. The number of anilines is 3. The Labute approximate surface area is 173 Å². The quantitative estimate of drug-likeness (QED) is 0.571. The van der Waals surface area contributed by atoms with E-state index >= 15 is 0 Å². The summed E-state index contributed by atoms with van der Waals surface area (Å²) in [6.07, 6.45) is 4.72. The maximum atomic E-state index is 13.6. The molecule has 10 heteroatoms. The molecule has 156 valence electrons. The Morgan fingerprint density at radius 1 is 1.20 bits per heavy atom. The van der Waals surface area contributed by atoms with Gasteiger partial charge in [-0.05, 0) is 30.7 Å². The number of halogens is 1. The van der Waals surface area contributed by atoms with Gasteiger partial charge < -0.3 is 20.8 Å². The van der Waals surface area contributed by atoms with Crippen LogP contribution in [0, 0.1) is 12.7 Å². The maximum Gasteiger partial charge on any atom is 0.184 e. The van der Waals surface area contributed by atoms with Crippen molar-refractivity contribution in [3.05, 3.63) is 54.0 Å². The first-order valence-electron chi connectivity index (χ1n) is 9.34. The predicted octanol–water partition coefficient (Wildman–Crippen LogP) is 2.78. The number of hydrogen-bond acceptors (Lipinski definition) is 8. The zero-order valence-corrected chi connectivity index (χ0v) is 17.2. The van der Waals surface area contributed by atoms with Gasteiger partial charge in [-0.25, -0.2) is 19.4 Å². The van der Waals surface area contributed by atoms with Crippen molar-refractivity contribution in [2.75, 3.05) is 31.3 Å². The monoisotopic (exact) mass is 410 g/mol. The highest BCUT2D eigenvalue weighted by atomic mass is 19.1. The molecule has 30 heavy (non-hydrogen) atoms. The van der Waals surface area contributed by atoms with Gasteiger partial charge in [-0.2, -0.15) is 5.10 Å². The molecule has 0 fully saturated rings. The molecule has 0 atom stereocenters. The summed E-state index contributed by atoms with van der Waals surface area (Å²) in [6, 6.07) is 5.43. The summed E-state index contributed by atoms with van der Waals surface area (Å²) in [6.45, 7) is 2.38. The number of hydrazine groups is 1. The van der Waals surface area contributed by atoms with E-state index in [9.17, 15) is 4.39 Å². The third kappa shape index (κ3) is 3.90. The van der Waals surface area contributed by atoms with Crippen LogP contribution in [0.25, 0.3) is 11.4 Å². The average molecular weight is 410 g/mol. The fourth-order valence-electron chi connectivity index (χ4n) is 3.18. The van der Waals surface area contributed by atoms with Crippen molar-refractivity contribution in [1.29, 1.82) is 0 Å². The van der Waals surface area contributed by atoms with Gasteiger partial charge in [0.05, 0.1) is 31.1 Å². The van der Waals surface area contributed by atoms with Gasteiger partial charge in [0.25, 0.3) is 0 Å². The number of ether oxygens (including phenoxy) is 1. The SMILES string of the molecule is COc1c(-c2ncn(C)n2)ccc(Nc2cc(C)c(F)cn2)c1NC1=CNN(C)C1. The van der Waals surface area contributed by atoms with E-state index in [1.807, 2.05) is 37.4 Å². The Bertz CT molecular complexity index is 1110.